The minimum absolute atomic E-state index is 0.0170. The maximum atomic E-state index is 13.2. The van der Waals surface area contributed by atoms with E-state index >= 15 is 0 Å². The summed E-state index contributed by atoms with van der Waals surface area (Å²) in [6.07, 6.45) is 1.65. The highest BCUT2D eigenvalue weighted by atomic mass is 32.2. The molecule has 0 radical (unpaired) electrons. The average molecular weight is 394 g/mol. The molecule has 2 aromatic carbocycles. The van der Waals surface area contributed by atoms with E-state index in [4.69, 9.17) is 0 Å². The van der Waals surface area contributed by atoms with E-state index in [9.17, 15) is 22.0 Å². The quantitative estimate of drug-likeness (QED) is 0.861. The number of carbonyl (C=O) groups is 1. The molecule has 0 atom stereocenters. The highest BCUT2D eigenvalue weighted by Crippen LogP contribution is 2.24. The molecule has 0 unspecified atom stereocenters. The number of carbonyl (C=O) groups excluding carboxylic acids is 1. The molecule has 27 heavy (non-hydrogen) atoms. The van der Waals surface area contributed by atoms with Gasteiger partial charge in [0.1, 0.15) is 11.6 Å². The summed E-state index contributed by atoms with van der Waals surface area (Å²) < 4.78 is 53.2. The molecular weight excluding hydrogens is 374 g/mol. The number of hydrogen-bond donors (Lipinski definition) is 1. The Kier molecular flexibility index (Phi) is 5.57. The van der Waals surface area contributed by atoms with Crippen molar-refractivity contribution in [3.05, 3.63) is 59.7 Å². The minimum Gasteiger partial charge on any atom is -0.322 e. The highest BCUT2D eigenvalue weighted by molar-refractivity contribution is 7.89. The standard InChI is InChI=1S/C19H20F2N2O3S/c1-13-6-8-23(9-7-13)27(25,26)18-4-2-14(3-5-18)19(24)22-17-11-15(20)10-16(21)12-17/h2-5,10-13H,6-9H2,1H3,(H,22,24). The fourth-order valence-electron chi connectivity index (χ4n) is 2.98. The fourth-order valence-corrected chi connectivity index (χ4v) is 4.45. The summed E-state index contributed by atoms with van der Waals surface area (Å²) in [4.78, 5) is 12.3. The zero-order chi connectivity index (χ0) is 19.6. The van der Waals surface area contributed by atoms with Crippen LogP contribution in [0.1, 0.15) is 30.1 Å². The molecule has 0 bridgehead atoms. The Balaban J connectivity index is 1.73. The van der Waals surface area contributed by atoms with Crippen LogP contribution in [0.25, 0.3) is 0 Å². The van der Waals surface area contributed by atoms with E-state index in [-0.39, 0.29) is 16.1 Å². The number of anilines is 1. The zero-order valence-electron chi connectivity index (χ0n) is 14.8. The fraction of sp³-hybridized carbons (Fsp3) is 0.316. The smallest absolute Gasteiger partial charge is 0.255 e. The molecule has 1 saturated heterocycles. The lowest BCUT2D eigenvalue weighted by molar-refractivity contribution is 0.102. The third kappa shape index (κ3) is 4.51. The number of sulfonamides is 1. The van der Waals surface area contributed by atoms with Crippen LogP contribution in [-0.2, 0) is 10.0 Å². The molecule has 0 spiro atoms. The van der Waals surface area contributed by atoms with Gasteiger partial charge < -0.3 is 5.32 Å². The summed E-state index contributed by atoms with van der Waals surface area (Å²) >= 11 is 0. The summed E-state index contributed by atoms with van der Waals surface area (Å²) in [6.45, 7) is 3.07. The average Bonchev–Trinajstić information content (AvgIpc) is 2.61. The third-order valence-electron chi connectivity index (χ3n) is 4.62. The molecule has 1 heterocycles. The van der Waals surface area contributed by atoms with Crippen LogP contribution in [0.5, 0.6) is 0 Å². The van der Waals surface area contributed by atoms with E-state index in [1.165, 1.54) is 28.6 Å². The molecule has 144 valence electrons. The van der Waals surface area contributed by atoms with Crippen molar-refractivity contribution in [2.45, 2.75) is 24.7 Å². The molecule has 1 aliphatic heterocycles. The van der Waals surface area contributed by atoms with E-state index in [1.807, 2.05) is 0 Å². The molecule has 1 fully saturated rings. The van der Waals surface area contributed by atoms with Crippen molar-refractivity contribution in [2.75, 3.05) is 18.4 Å². The van der Waals surface area contributed by atoms with Gasteiger partial charge in [0.2, 0.25) is 10.0 Å². The van der Waals surface area contributed by atoms with Crippen LogP contribution in [-0.4, -0.2) is 31.7 Å². The van der Waals surface area contributed by atoms with Gasteiger partial charge in [-0.25, -0.2) is 17.2 Å². The molecule has 0 aromatic heterocycles. The number of amides is 1. The Morgan fingerprint density at radius 1 is 1.04 bits per heavy atom. The third-order valence-corrected chi connectivity index (χ3v) is 6.53. The van der Waals surface area contributed by atoms with Gasteiger partial charge in [0.15, 0.2) is 0 Å². The number of hydrogen-bond acceptors (Lipinski definition) is 3. The Hall–Kier alpha value is -2.32. The zero-order valence-corrected chi connectivity index (χ0v) is 15.6. The second-order valence-electron chi connectivity index (χ2n) is 6.72. The Bertz CT molecular complexity index is 918. The van der Waals surface area contributed by atoms with Crippen LogP contribution in [0.4, 0.5) is 14.5 Å². The van der Waals surface area contributed by atoms with Crippen molar-refractivity contribution in [3.8, 4) is 0 Å². The first-order valence-electron chi connectivity index (χ1n) is 8.63. The minimum atomic E-state index is -3.60. The monoisotopic (exact) mass is 394 g/mol. The molecule has 3 rings (SSSR count). The second-order valence-corrected chi connectivity index (χ2v) is 8.66. The Morgan fingerprint density at radius 2 is 1.59 bits per heavy atom. The van der Waals surface area contributed by atoms with Gasteiger partial charge in [-0.15, -0.1) is 0 Å². The maximum Gasteiger partial charge on any atom is 0.255 e. The number of nitrogens with one attached hydrogen (secondary N) is 1. The van der Waals surface area contributed by atoms with Crippen molar-refractivity contribution in [2.24, 2.45) is 5.92 Å². The molecule has 2 aromatic rings. The van der Waals surface area contributed by atoms with Crippen LogP contribution in [0.3, 0.4) is 0 Å². The lowest BCUT2D eigenvalue weighted by atomic mass is 10.0. The maximum absolute atomic E-state index is 13.2. The lowest BCUT2D eigenvalue weighted by Gasteiger charge is -2.29. The second kappa shape index (κ2) is 7.74. The van der Waals surface area contributed by atoms with E-state index in [1.54, 1.807) is 0 Å². The van der Waals surface area contributed by atoms with Crippen LogP contribution >= 0.6 is 0 Å². The van der Waals surface area contributed by atoms with Crippen molar-refractivity contribution in [1.82, 2.24) is 4.31 Å². The van der Waals surface area contributed by atoms with Gasteiger partial charge in [0.05, 0.1) is 4.90 Å². The molecular formula is C19H20F2N2O3S. The largest absolute Gasteiger partial charge is 0.322 e. The number of piperidine rings is 1. The van der Waals surface area contributed by atoms with E-state index in [0.717, 1.165) is 25.0 Å². The molecule has 8 heteroatoms. The normalized spacial score (nSPS) is 16.3. The summed E-state index contributed by atoms with van der Waals surface area (Å²) in [7, 11) is -3.60. The number of rotatable bonds is 4. The Morgan fingerprint density at radius 3 is 2.15 bits per heavy atom. The first kappa shape index (κ1) is 19.4. The van der Waals surface area contributed by atoms with Crippen molar-refractivity contribution < 1.29 is 22.0 Å². The summed E-state index contributed by atoms with van der Waals surface area (Å²) in [5, 5.41) is 2.39. The van der Waals surface area contributed by atoms with Crippen LogP contribution in [0, 0.1) is 17.6 Å². The molecule has 1 aliphatic rings. The van der Waals surface area contributed by atoms with Gasteiger partial charge in [-0.1, -0.05) is 6.92 Å². The first-order valence-corrected chi connectivity index (χ1v) is 10.1. The topological polar surface area (TPSA) is 66.5 Å². The number of nitrogens with zero attached hydrogens (tertiary/aromatic N) is 1. The van der Waals surface area contributed by atoms with Crippen molar-refractivity contribution in [3.63, 3.8) is 0 Å². The van der Waals surface area contributed by atoms with E-state index < -0.39 is 27.6 Å². The summed E-state index contributed by atoms with van der Waals surface area (Å²) in [6, 6.07) is 8.20. The van der Waals surface area contributed by atoms with Gasteiger partial charge in [0.25, 0.3) is 5.91 Å². The molecule has 1 amide bonds. The molecule has 1 N–H and O–H groups in total. The number of halogens is 2. The van der Waals surface area contributed by atoms with Crippen molar-refractivity contribution >= 4 is 21.6 Å². The predicted octanol–water partition coefficient (Wildman–Crippen LogP) is 3.64. The molecule has 0 saturated carbocycles. The van der Waals surface area contributed by atoms with E-state index in [0.29, 0.717) is 25.1 Å². The van der Waals surface area contributed by atoms with Crippen LogP contribution in [0.2, 0.25) is 0 Å². The van der Waals surface area contributed by atoms with Gasteiger partial charge in [0, 0.05) is 30.4 Å². The van der Waals surface area contributed by atoms with Gasteiger partial charge in [-0.3, -0.25) is 4.79 Å². The highest BCUT2D eigenvalue weighted by Gasteiger charge is 2.28. The molecule has 0 aliphatic carbocycles. The van der Waals surface area contributed by atoms with Gasteiger partial charge in [-0.2, -0.15) is 4.31 Å². The van der Waals surface area contributed by atoms with E-state index in [2.05, 4.69) is 12.2 Å². The summed E-state index contributed by atoms with van der Waals surface area (Å²) in [5.41, 5.74) is 0.169. The van der Waals surface area contributed by atoms with Crippen LogP contribution < -0.4 is 5.32 Å². The summed E-state index contributed by atoms with van der Waals surface area (Å²) in [5.74, 6) is -1.68. The lowest BCUT2D eigenvalue weighted by Crippen LogP contribution is -2.37. The SMILES string of the molecule is CC1CCN(S(=O)(=O)c2ccc(C(=O)Nc3cc(F)cc(F)c3)cc2)CC1. The van der Waals surface area contributed by atoms with Gasteiger partial charge in [-0.05, 0) is 55.2 Å². The number of benzene rings is 2. The predicted molar refractivity (Wildman–Crippen MR) is 97.9 cm³/mol. The first-order chi connectivity index (χ1) is 12.8. The van der Waals surface area contributed by atoms with Crippen LogP contribution in [0.15, 0.2) is 47.4 Å². The van der Waals surface area contributed by atoms with Gasteiger partial charge >= 0.3 is 0 Å². The Labute approximate surface area is 157 Å². The molecule has 5 nitrogen and oxygen atoms in total. The van der Waals surface area contributed by atoms with Crippen molar-refractivity contribution in [1.29, 1.82) is 0 Å².